The maximum Gasteiger partial charge on any atom is 0.201 e. The van der Waals surface area contributed by atoms with Gasteiger partial charge < -0.3 is 9.40 Å². The third-order valence-electron chi connectivity index (χ3n) is 3.81. The second-order valence-electron chi connectivity index (χ2n) is 5.44. The number of rotatable bonds is 3. The van der Waals surface area contributed by atoms with E-state index in [0.717, 1.165) is 11.3 Å². The molecule has 0 saturated heterocycles. The topological polar surface area (TPSA) is 63.3 Å². The summed E-state index contributed by atoms with van der Waals surface area (Å²) >= 11 is 5.29. The third-order valence-corrected chi connectivity index (χ3v) is 4.10. The van der Waals surface area contributed by atoms with Crippen molar-refractivity contribution >= 4 is 29.4 Å². The van der Waals surface area contributed by atoms with Gasteiger partial charge in [0.2, 0.25) is 5.43 Å². The number of aromatic nitrogens is 2. The molecule has 4 rings (SSSR count). The number of para-hydroxylation sites is 1. The van der Waals surface area contributed by atoms with Gasteiger partial charge in [-0.15, -0.1) is 0 Å². The predicted molar refractivity (Wildman–Crippen MR) is 101 cm³/mol. The highest BCUT2D eigenvalue weighted by Gasteiger charge is 2.05. The molecule has 0 fully saturated rings. The van der Waals surface area contributed by atoms with E-state index >= 15 is 0 Å². The van der Waals surface area contributed by atoms with Crippen LogP contribution < -0.4 is 5.43 Å². The molecule has 0 bridgehead atoms. The molecule has 0 radical (unpaired) electrons. The number of aromatic amines is 1. The molecule has 5 nitrogen and oxygen atoms in total. The first-order valence-electron chi connectivity index (χ1n) is 7.64. The van der Waals surface area contributed by atoms with E-state index in [9.17, 15) is 4.79 Å². The number of nitrogens with one attached hydrogen (secondary N) is 1. The van der Waals surface area contributed by atoms with Crippen molar-refractivity contribution in [1.82, 2.24) is 9.66 Å². The molecular weight excluding hydrogens is 334 g/mol. The molecule has 0 saturated carbocycles. The summed E-state index contributed by atoms with van der Waals surface area (Å²) in [5.74, 6) is 0. The fourth-order valence-electron chi connectivity index (χ4n) is 2.54. The van der Waals surface area contributed by atoms with E-state index in [4.69, 9.17) is 16.6 Å². The molecule has 0 unspecified atom stereocenters. The van der Waals surface area contributed by atoms with Gasteiger partial charge in [-0.05, 0) is 29.9 Å². The van der Waals surface area contributed by atoms with Crippen LogP contribution >= 0.6 is 12.2 Å². The zero-order chi connectivity index (χ0) is 17.2. The lowest BCUT2D eigenvalue weighted by Gasteiger charge is -1.97. The first-order chi connectivity index (χ1) is 12.2. The van der Waals surface area contributed by atoms with Gasteiger partial charge in [0, 0.05) is 0 Å². The van der Waals surface area contributed by atoms with E-state index < -0.39 is 0 Å². The van der Waals surface area contributed by atoms with Crippen LogP contribution in [0.5, 0.6) is 0 Å². The average molecular weight is 347 g/mol. The number of nitrogens with zero attached hydrogens (tertiary/aromatic N) is 2. The molecule has 1 N–H and O–H groups in total. The molecule has 2 aromatic carbocycles. The Balaban J connectivity index is 1.71. The van der Waals surface area contributed by atoms with Gasteiger partial charge >= 0.3 is 0 Å². The summed E-state index contributed by atoms with van der Waals surface area (Å²) in [4.78, 5) is 15.6. The van der Waals surface area contributed by atoms with Crippen LogP contribution in [0.4, 0.5) is 0 Å². The maximum atomic E-state index is 12.5. The zero-order valence-electron chi connectivity index (χ0n) is 13.0. The van der Waals surface area contributed by atoms with Crippen LogP contribution in [0.3, 0.4) is 0 Å². The van der Waals surface area contributed by atoms with Crippen LogP contribution in [0.2, 0.25) is 0 Å². The Morgan fingerprint density at radius 1 is 1.08 bits per heavy atom. The summed E-state index contributed by atoms with van der Waals surface area (Å²) < 4.78 is 7.45. The second kappa shape index (κ2) is 6.33. The minimum Gasteiger partial charge on any atom is -0.463 e. The summed E-state index contributed by atoms with van der Waals surface area (Å²) in [6.45, 7) is 0. The minimum atomic E-state index is -0.129. The molecule has 25 heavy (non-hydrogen) atoms. The van der Waals surface area contributed by atoms with Crippen molar-refractivity contribution in [3.63, 3.8) is 0 Å². The van der Waals surface area contributed by atoms with Crippen LogP contribution in [-0.2, 0) is 0 Å². The summed E-state index contributed by atoms with van der Waals surface area (Å²) in [7, 11) is 0. The van der Waals surface area contributed by atoms with E-state index in [2.05, 4.69) is 10.1 Å². The summed E-state index contributed by atoms with van der Waals surface area (Å²) in [5, 5.41) is 4.81. The minimum absolute atomic E-state index is 0.129. The van der Waals surface area contributed by atoms with E-state index in [-0.39, 0.29) is 5.43 Å². The van der Waals surface area contributed by atoms with Gasteiger partial charge in [-0.3, -0.25) is 4.79 Å². The zero-order valence-corrected chi connectivity index (χ0v) is 13.9. The molecule has 0 atom stereocenters. The molecule has 4 aromatic rings. The highest BCUT2D eigenvalue weighted by molar-refractivity contribution is 7.71. The van der Waals surface area contributed by atoms with E-state index in [0.29, 0.717) is 21.3 Å². The maximum absolute atomic E-state index is 12.5. The average Bonchev–Trinajstić information content (AvgIpc) is 3.03. The molecule has 122 valence electrons. The highest BCUT2D eigenvalue weighted by atomic mass is 32.1. The lowest BCUT2D eigenvalue weighted by molar-refractivity contribution is 0.601. The first-order valence-corrected chi connectivity index (χ1v) is 8.05. The lowest BCUT2D eigenvalue weighted by Crippen LogP contribution is -2.08. The molecule has 2 heterocycles. The number of imidazole rings is 1. The molecule has 2 aromatic heterocycles. The Hall–Kier alpha value is -3.25. The summed E-state index contributed by atoms with van der Waals surface area (Å²) in [5.41, 5.74) is 2.65. The van der Waals surface area contributed by atoms with Crippen molar-refractivity contribution in [1.29, 1.82) is 0 Å². The van der Waals surface area contributed by atoms with Crippen LogP contribution in [0.25, 0.3) is 22.2 Å². The monoisotopic (exact) mass is 347 g/mol. The van der Waals surface area contributed by atoms with Crippen molar-refractivity contribution in [3.8, 4) is 11.3 Å². The highest BCUT2D eigenvalue weighted by Crippen LogP contribution is 2.16. The van der Waals surface area contributed by atoms with Gasteiger partial charge in [0.25, 0.3) is 0 Å². The standard InChI is InChI=1S/C19H13N3O2S/c23-18-14(12-24-17-9-5-4-8-15(17)18)10-20-22-11-16(21-19(22)25)13-6-2-1-3-7-13/h1-12H,(H,21,25)/b20-10+. The van der Waals surface area contributed by atoms with Crippen LogP contribution in [0, 0.1) is 4.77 Å². The van der Waals surface area contributed by atoms with E-state index in [1.807, 2.05) is 36.4 Å². The van der Waals surface area contributed by atoms with Gasteiger partial charge in [-0.25, -0.2) is 4.68 Å². The van der Waals surface area contributed by atoms with E-state index in [1.54, 1.807) is 24.4 Å². The van der Waals surface area contributed by atoms with Gasteiger partial charge in [-0.1, -0.05) is 42.5 Å². The Bertz CT molecular complexity index is 1190. The molecular formula is C19H13N3O2S. The molecule has 0 spiro atoms. The Kier molecular flexibility index (Phi) is 3.87. The normalized spacial score (nSPS) is 11.4. The smallest absolute Gasteiger partial charge is 0.201 e. The van der Waals surface area contributed by atoms with Gasteiger partial charge in [0.05, 0.1) is 29.1 Å². The number of fused-ring (bicyclic) bond motifs is 1. The van der Waals surface area contributed by atoms with E-state index in [1.165, 1.54) is 17.2 Å². The fraction of sp³-hybridized carbons (Fsp3) is 0. The molecule has 6 heteroatoms. The van der Waals surface area contributed by atoms with Crippen molar-refractivity contribution in [2.24, 2.45) is 5.10 Å². The van der Waals surface area contributed by atoms with Crippen LogP contribution in [-0.4, -0.2) is 15.9 Å². The molecule has 0 aliphatic heterocycles. The van der Waals surface area contributed by atoms with Gasteiger partial charge in [0.15, 0.2) is 4.77 Å². The van der Waals surface area contributed by atoms with Crippen molar-refractivity contribution in [3.05, 3.63) is 87.6 Å². The van der Waals surface area contributed by atoms with Crippen molar-refractivity contribution in [2.45, 2.75) is 0 Å². The van der Waals surface area contributed by atoms with Crippen LogP contribution in [0.15, 0.2) is 81.4 Å². The third kappa shape index (κ3) is 2.95. The number of hydrogen-bond acceptors (Lipinski definition) is 4. The Morgan fingerprint density at radius 2 is 1.84 bits per heavy atom. The number of hydrogen-bond donors (Lipinski definition) is 1. The lowest BCUT2D eigenvalue weighted by atomic mass is 10.2. The Morgan fingerprint density at radius 3 is 2.68 bits per heavy atom. The quantitative estimate of drug-likeness (QED) is 0.446. The summed E-state index contributed by atoms with van der Waals surface area (Å²) in [6.07, 6.45) is 4.65. The summed E-state index contributed by atoms with van der Waals surface area (Å²) in [6, 6.07) is 16.9. The van der Waals surface area contributed by atoms with Crippen molar-refractivity contribution in [2.75, 3.05) is 0 Å². The van der Waals surface area contributed by atoms with Crippen molar-refractivity contribution < 1.29 is 4.42 Å². The van der Waals surface area contributed by atoms with Crippen LogP contribution in [0.1, 0.15) is 5.56 Å². The fourth-order valence-corrected chi connectivity index (χ4v) is 2.75. The van der Waals surface area contributed by atoms with Gasteiger partial charge in [-0.2, -0.15) is 5.10 Å². The molecule has 0 amide bonds. The molecule has 0 aliphatic rings. The largest absolute Gasteiger partial charge is 0.463 e. The number of H-pyrrole nitrogens is 1. The second-order valence-corrected chi connectivity index (χ2v) is 5.83. The predicted octanol–water partition coefficient (Wildman–Crippen LogP) is 4.20. The van der Waals surface area contributed by atoms with Gasteiger partial charge in [0.1, 0.15) is 11.8 Å². The first kappa shape index (κ1) is 15.3. The Labute approximate surface area is 147 Å². The molecule has 0 aliphatic carbocycles. The number of benzene rings is 2. The SMILES string of the molecule is O=c1c(/C=N/n2cc(-c3ccccc3)[nH]c2=S)coc2ccccc12.